The first-order valence-electron chi connectivity index (χ1n) is 6.20. The molecule has 0 bridgehead atoms. The van der Waals surface area contributed by atoms with Crippen molar-refractivity contribution in [1.29, 1.82) is 0 Å². The molecule has 0 N–H and O–H groups in total. The van der Waals surface area contributed by atoms with Gasteiger partial charge in [0.15, 0.2) is 0 Å². The van der Waals surface area contributed by atoms with Crippen molar-refractivity contribution in [1.82, 2.24) is 14.7 Å². The number of alkyl halides is 1. The maximum absolute atomic E-state index is 6.39. The zero-order valence-corrected chi connectivity index (χ0v) is 13.2. The van der Waals surface area contributed by atoms with Crippen LogP contribution in [0.1, 0.15) is 32.2 Å². The average molecular weight is 323 g/mol. The predicted octanol–water partition coefficient (Wildman–Crippen LogP) is 3.34. The molecule has 0 aliphatic heterocycles. The van der Waals surface area contributed by atoms with Gasteiger partial charge in [-0.05, 0) is 19.9 Å². The van der Waals surface area contributed by atoms with E-state index in [4.69, 9.17) is 11.6 Å². The molecule has 3 nitrogen and oxygen atoms in total. The van der Waals surface area contributed by atoms with Crippen LogP contribution in [0.2, 0.25) is 5.02 Å². The minimum absolute atomic E-state index is 0.849. The lowest BCUT2D eigenvalue weighted by molar-refractivity contribution is 0.289. The van der Waals surface area contributed by atoms with E-state index >= 15 is 0 Å². The summed E-state index contributed by atoms with van der Waals surface area (Å²) in [6, 6.07) is 0. The second-order valence-electron chi connectivity index (χ2n) is 3.93. The molecule has 0 atom stereocenters. The van der Waals surface area contributed by atoms with Gasteiger partial charge >= 0.3 is 0 Å². The van der Waals surface area contributed by atoms with E-state index in [1.807, 2.05) is 4.68 Å². The third-order valence-electron chi connectivity index (χ3n) is 2.92. The van der Waals surface area contributed by atoms with Crippen molar-refractivity contribution in [3.05, 3.63) is 16.4 Å². The van der Waals surface area contributed by atoms with E-state index in [9.17, 15) is 0 Å². The summed E-state index contributed by atoms with van der Waals surface area (Å²) < 4.78 is 2.03. The average Bonchev–Trinajstić information content (AvgIpc) is 2.65. The van der Waals surface area contributed by atoms with Crippen LogP contribution in [0.15, 0.2) is 0 Å². The lowest BCUT2D eigenvalue weighted by Crippen LogP contribution is -2.26. The lowest BCUT2D eigenvalue weighted by Gasteiger charge is -2.19. The molecule has 0 aromatic carbocycles. The third kappa shape index (κ3) is 3.70. The summed E-state index contributed by atoms with van der Waals surface area (Å²) in [7, 11) is 0. The number of hydrogen-bond acceptors (Lipinski definition) is 2. The van der Waals surface area contributed by atoms with Crippen LogP contribution < -0.4 is 0 Å². The first-order valence-corrected chi connectivity index (χ1v) is 7.70. The van der Waals surface area contributed by atoms with Gasteiger partial charge in [-0.15, -0.1) is 0 Å². The van der Waals surface area contributed by atoms with Gasteiger partial charge in [-0.2, -0.15) is 5.10 Å². The molecule has 0 saturated heterocycles. The molecule has 1 aromatic rings. The van der Waals surface area contributed by atoms with Crippen LogP contribution in [-0.2, 0) is 19.5 Å². The maximum atomic E-state index is 6.39. The molecule has 1 aromatic heterocycles. The highest BCUT2D eigenvalue weighted by Gasteiger charge is 2.16. The van der Waals surface area contributed by atoms with Crippen LogP contribution in [0.3, 0.4) is 0 Å². The fourth-order valence-electron chi connectivity index (χ4n) is 1.85. The van der Waals surface area contributed by atoms with Gasteiger partial charge in [-0.1, -0.05) is 41.4 Å². The molecule has 0 aliphatic rings. The van der Waals surface area contributed by atoms with E-state index in [-0.39, 0.29) is 0 Å². The Hall–Kier alpha value is -0.0600. The van der Waals surface area contributed by atoms with E-state index in [1.165, 1.54) is 0 Å². The summed E-state index contributed by atoms with van der Waals surface area (Å²) in [6.07, 6.45) is 0.892. The molecule has 0 spiro atoms. The molecule has 17 heavy (non-hydrogen) atoms. The Morgan fingerprint density at radius 1 is 1.35 bits per heavy atom. The largest absolute Gasteiger partial charge is 0.297 e. The highest BCUT2D eigenvalue weighted by Crippen LogP contribution is 2.23. The third-order valence-corrected chi connectivity index (χ3v) is 3.71. The first kappa shape index (κ1) is 15.0. The fourth-order valence-corrected chi connectivity index (χ4v) is 2.68. The number of nitrogens with zero attached hydrogens (tertiary/aromatic N) is 3. The fraction of sp³-hybridized carbons (Fsp3) is 0.750. The van der Waals surface area contributed by atoms with Crippen molar-refractivity contribution >= 4 is 27.5 Å². The van der Waals surface area contributed by atoms with Crippen molar-refractivity contribution in [2.45, 2.75) is 40.3 Å². The maximum Gasteiger partial charge on any atom is 0.0863 e. The highest BCUT2D eigenvalue weighted by atomic mass is 79.9. The summed E-state index contributed by atoms with van der Waals surface area (Å²) in [6.45, 7) is 10.2. The summed E-state index contributed by atoms with van der Waals surface area (Å²) in [4.78, 5) is 2.36. The highest BCUT2D eigenvalue weighted by molar-refractivity contribution is 9.09. The number of halogens is 2. The van der Waals surface area contributed by atoms with Gasteiger partial charge in [0.05, 0.1) is 16.4 Å². The minimum atomic E-state index is 0.849. The number of aryl methyl sites for hydroxylation is 2. The molecule has 98 valence electrons. The molecule has 0 radical (unpaired) electrons. The second kappa shape index (κ2) is 7.39. The van der Waals surface area contributed by atoms with Crippen LogP contribution in [-0.4, -0.2) is 33.1 Å². The van der Waals surface area contributed by atoms with E-state index < -0.39 is 0 Å². The van der Waals surface area contributed by atoms with Gasteiger partial charge in [-0.3, -0.25) is 9.58 Å². The zero-order valence-electron chi connectivity index (χ0n) is 10.8. The van der Waals surface area contributed by atoms with Crippen LogP contribution in [0.25, 0.3) is 0 Å². The molecule has 1 rings (SSSR count). The molecular formula is C12H21BrClN3. The Labute approximate surface area is 117 Å². The first-order chi connectivity index (χ1) is 8.17. The number of hydrogen-bond donors (Lipinski definition) is 0. The van der Waals surface area contributed by atoms with Gasteiger partial charge in [0.2, 0.25) is 0 Å². The van der Waals surface area contributed by atoms with Gasteiger partial charge in [-0.25, -0.2) is 0 Å². The summed E-state index contributed by atoms with van der Waals surface area (Å²) in [5, 5.41) is 6.38. The Balaban J connectivity index is 2.91. The molecule has 0 aliphatic carbocycles. The van der Waals surface area contributed by atoms with Gasteiger partial charge in [0.1, 0.15) is 0 Å². The monoisotopic (exact) mass is 321 g/mol. The van der Waals surface area contributed by atoms with E-state index in [0.717, 1.165) is 54.3 Å². The smallest absolute Gasteiger partial charge is 0.0863 e. The van der Waals surface area contributed by atoms with E-state index in [0.29, 0.717) is 0 Å². The summed E-state index contributed by atoms with van der Waals surface area (Å²) in [5.41, 5.74) is 2.16. The number of aromatic nitrogens is 2. The molecule has 1 heterocycles. The Bertz CT molecular complexity index is 352. The molecule has 0 fully saturated rings. The quantitative estimate of drug-likeness (QED) is 0.718. The normalized spacial score (nSPS) is 11.4. The number of rotatable bonds is 7. The Morgan fingerprint density at radius 3 is 2.53 bits per heavy atom. The molecule has 0 unspecified atom stereocenters. The molecule has 5 heteroatoms. The van der Waals surface area contributed by atoms with Crippen LogP contribution in [0, 0.1) is 0 Å². The van der Waals surface area contributed by atoms with Crippen molar-refractivity contribution in [2.75, 3.05) is 18.4 Å². The van der Waals surface area contributed by atoms with Crippen molar-refractivity contribution in [3.63, 3.8) is 0 Å². The van der Waals surface area contributed by atoms with E-state index in [1.54, 1.807) is 0 Å². The van der Waals surface area contributed by atoms with Gasteiger partial charge in [0, 0.05) is 25.0 Å². The Morgan fingerprint density at radius 2 is 2.06 bits per heavy atom. The van der Waals surface area contributed by atoms with Crippen LogP contribution >= 0.6 is 27.5 Å². The lowest BCUT2D eigenvalue weighted by atomic mass is 10.3. The van der Waals surface area contributed by atoms with Crippen molar-refractivity contribution < 1.29 is 0 Å². The van der Waals surface area contributed by atoms with Crippen molar-refractivity contribution in [2.24, 2.45) is 0 Å². The van der Waals surface area contributed by atoms with Gasteiger partial charge in [0.25, 0.3) is 0 Å². The molecule has 0 saturated carbocycles. The SMILES string of the molecule is CCc1nn(CC)c(CN(CC)CCBr)c1Cl. The zero-order chi connectivity index (χ0) is 12.8. The standard InChI is InChI=1S/C12H21BrClN3/c1-4-10-12(14)11(17(6-3)15-10)9-16(5-2)8-7-13/h4-9H2,1-3H3. The summed E-state index contributed by atoms with van der Waals surface area (Å²) >= 11 is 9.87. The second-order valence-corrected chi connectivity index (χ2v) is 5.11. The van der Waals surface area contributed by atoms with Crippen molar-refractivity contribution in [3.8, 4) is 0 Å². The summed E-state index contributed by atoms with van der Waals surface area (Å²) in [5.74, 6) is 0. The molecule has 0 amide bonds. The predicted molar refractivity (Wildman–Crippen MR) is 77.0 cm³/mol. The van der Waals surface area contributed by atoms with E-state index in [2.05, 4.69) is 46.7 Å². The topological polar surface area (TPSA) is 21.1 Å². The van der Waals surface area contributed by atoms with Crippen LogP contribution in [0.4, 0.5) is 0 Å². The molecular weight excluding hydrogens is 302 g/mol. The van der Waals surface area contributed by atoms with Crippen LogP contribution in [0.5, 0.6) is 0 Å². The Kier molecular flexibility index (Phi) is 6.52. The van der Waals surface area contributed by atoms with Gasteiger partial charge < -0.3 is 0 Å². The minimum Gasteiger partial charge on any atom is -0.297 e.